The molecule has 0 aliphatic heterocycles. The number of rotatable bonds is 84. The molecule has 0 aromatic rings. The van der Waals surface area contributed by atoms with Crippen molar-refractivity contribution in [1.29, 1.82) is 0 Å². The maximum atomic E-state index is 12.6. The van der Waals surface area contributed by atoms with E-state index in [0.717, 1.165) is 57.8 Å². The van der Waals surface area contributed by atoms with E-state index in [1.165, 1.54) is 405 Å². The summed E-state index contributed by atoms with van der Waals surface area (Å²) < 4.78 is 5.51. The Kier molecular flexibility index (Phi) is 84.3. The van der Waals surface area contributed by atoms with Crippen LogP contribution in [0.3, 0.4) is 0 Å². The molecule has 0 aromatic carbocycles. The fraction of sp³-hybridized carbons (Fsp3) is 0.890. The van der Waals surface area contributed by atoms with E-state index in [1.54, 1.807) is 0 Å². The molecule has 572 valence electrons. The molecule has 0 bridgehead atoms. The van der Waals surface area contributed by atoms with Crippen molar-refractivity contribution < 1.29 is 24.5 Å². The van der Waals surface area contributed by atoms with Crippen LogP contribution in [0.4, 0.5) is 0 Å². The van der Waals surface area contributed by atoms with E-state index >= 15 is 0 Å². The number of carbonyl (C=O) groups is 2. The van der Waals surface area contributed by atoms with Crippen molar-refractivity contribution in [2.45, 2.75) is 508 Å². The molecule has 97 heavy (non-hydrogen) atoms. The summed E-state index contributed by atoms with van der Waals surface area (Å²) in [6, 6.07) is -0.542. The van der Waals surface area contributed by atoms with Crippen LogP contribution in [-0.4, -0.2) is 47.4 Å². The number of unbranched alkanes of at least 4 members (excludes halogenated alkanes) is 65. The molecule has 0 aromatic heterocycles. The second-order valence-corrected chi connectivity index (χ2v) is 30.6. The quantitative estimate of drug-likeness (QED) is 0.0320. The van der Waals surface area contributed by atoms with Gasteiger partial charge in [0.25, 0.3) is 0 Å². The van der Waals surface area contributed by atoms with Gasteiger partial charge in [0.1, 0.15) is 0 Å². The van der Waals surface area contributed by atoms with Gasteiger partial charge in [0.2, 0.25) is 5.91 Å². The van der Waals surface area contributed by atoms with Gasteiger partial charge in [-0.15, -0.1) is 0 Å². The number of aliphatic hydroxyl groups is 2. The van der Waals surface area contributed by atoms with Crippen LogP contribution < -0.4 is 5.32 Å². The van der Waals surface area contributed by atoms with Gasteiger partial charge >= 0.3 is 5.97 Å². The highest BCUT2D eigenvalue weighted by molar-refractivity contribution is 5.76. The highest BCUT2D eigenvalue weighted by Gasteiger charge is 2.20. The maximum Gasteiger partial charge on any atom is 0.305 e. The number of carbonyl (C=O) groups excluding carboxylic acids is 2. The molecule has 2 unspecified atom stereocenters. The second kappa shape index (κ2) is 86.2. The molecule has 0 spiro atoms. The fourth-order valence-electron chi connectivity index (χ4n) is 14.1. The Bertz CT molecular complexity index is 1620. The van der Waals surface area contributed by atoms with Crippen LogP contribution in [0, 0.1) is 0 Å². The molecular formula is C91H173NO5. The lowest BCUT2D eigenvalue weighted by Crippen LogP contribution is -2.45. The topological polar surface area (TPSA) is 95.9 Å². The average molecular weight is 1360 g/mol. The van der Waals surface area contributed by atoms with Crippen molar-refractivity contribution >= 4 is 11.9 Å². The molecule has 0 rings (SSSR count). The van der Waals surface area contributed by atoms with E-state index in [4.69, 9.17) is 4.74 Å². The zero-order valence-corrected chi connectivity index (χ0v) is 65.8. The number of esters is 1. The lowest BCUT2D eigenvalue weighted by atomic mass is 10.0. The SMILES string of the molecule is CCCCCC/C=C\C/C=C\CCCCCCCCCC(=O)OCCCCCCCCCCCCCCC/C=C\C/C=C\CCCCCCCCCCCCCCCCCCCC(=O)NC(CO)C(O)CCCCCCCCCCCCCCCCCCCCCCCCCCC. The standard InChI is InChI=1S/C91H173NO5/c1-3-5-7-9-11-13-15-17-19-21-23-24-25-39-42-45-48-51-55-59-63-67-71-75-79-83-89(94)88(87-93)92-90(95)84-80-76-72-68-64-60-56-52-49-46-43-40-37-35-33-31-29-27-26-28-30-32-34-36-38-41-44-47-50-54-58-62-66-70-74-78-82-86-97-91(96)85-81-77-73-69-65-61-57-53-22-20-18-16-14-12-10-8-6-4-2/h14,16,20,22,26,28,32,34,88-89,93-94H,3-13,15,17-19,21,23-25,27,29-31,33,35-87H2,1-2H3,(H,92,95)/b16-14-,22-20-,28-26-,34-32-. The summed E-state index contributed by atoms with van der Waals surface area (Å²) in [5.41, 5.74) is 0. The lowest BCUT2D eigenvalue weighted by Gasteiger charge is -2.22. The first kappa shape index (κ1) is 94.8. The molecule has 0 heterocycles. The smallest absolute Gasteiger partial charge is 0.305 e. The molecule has 1 amide bonds. The fourth-order valence-corrected chi connectivity index (χ4v) is 14.1. The predicted molar refractivity (Wildman–Crippen MR) is 430 cm³/mol. The Labute approximate surface area is 607 Å². The Morgan fingerprint density at radius 1 is 0.289 bits per heavy atom. The van der Waals surface area contributed by atoms with Crippen LogP contribution in [0.25, 0.3) is 0 Å². The van der Waals surface area contributed by atoms with Crippen molar-refractivity contribution in [2.24, 2.45) is 0 Å². The van der Waals surface area contributed by atoms with Gasteiger partial charge < -0.3 is 20.3 Å². The highest BCUT2D eigenvalue weighted by Crippen LogP contribution is 2.21. The van der Waals surface area contributed by atoms with Gasteiger partial charge in [-0.25, -0.2) is 0 Å². The Hall–Kier alpha value is -2.18. The maximum absolute atomic E-state index is 12.6. The van der Waals surface area contributed by atoms with E-state index < -0.39 is 12.1 Å². The molecule has 6 nitrogen and oxygen atoms in total. The molecule has 0 aliphatic carbocycles. The summed E-state index contributed by atoms with van der Waals surface area (Å²) in [6.45, 7) is 4.99. The van der Waals surface area contributed by atoms with E-state index in [9.17, 15) is 19.8 Å². The van der Waals surface area contributed by atoms with Gasteiger partial charge in [0.15, 0.2) is 0 Å². The largest absolute Gasteiger partial charge is 0.466 e. The van der Waals surface area contributed by atoms with Crippen molar-refractivity contribution in [3.05, 3.63) is 48.6 Å². The molecule has 0 fully saturated rings. The highest BCUT2D eigenvalue weighted by atomic mass is 16.5. The second-order valence-electron chi connectivity index (χ2n) is 30.6. The molecule has 3 N–H and O–H groups in total. The number of ether oxygens (including phenoxy) is 1. The van der Waals surface area contributed by atoms with Crippen LogP contribution in [0.15, 0.2) is 48.6 Å². The van der Waals surface area contributed by atoms with Crippen LogP contribution in [0.2, 0.25) is 0 Å². The van der Waals surface area contributed by atoms with Crippen molar-refractivity contribution in [3.63, 3.8) is 0 Å². The van der Waals surface area contributed by atoms with E-state index in [-0.39, 0.29) is 18.5 Å². The first-order valence-electron chi connectivity index (χ1n) is 44.4. The van der Waals surface area contributed by atoms with E-state index in [2.05, 4.69) is 67.8 Å². The molecular weight excluding hydrogens is 1190 g/mol. The Morgan fingerprint density at radius 2 is 0.515 bits per heavy atom. The first-order chi connectivity index (χ1) is 48.0. The first-order valence-corrected chi connectivity index (χ1v) is 44.4. The number of hydrogen-bond donors (Lipinski definition) is 3. The minimum atomic E-state index is -0.665. The summed E-state index contributed by atoms with van der Waals surface area (Å²) in [7, 11) is 0. The lowest BCUT2D eigenvalue weighted by molar-refractivity contribution is -0.143. The van der Waals surface area contributed by atoms with Crippen molar-refractivity contribution in [1.82, 2.24) is 5.32 Å². The third-order valence-corrected chi connectivity index (χ3v) is 20.9. The van der Waals surface area contributed by atoms with Crippen LogP contribution in [0.5, 0.6) is 0 Å². The average Bonchev–Trinajstić information content (AvgIpc) is 3.68. The summed E-state index contributed by atoms with van der Waals surface area (Å²) in [5, 5.41) is 23.5. The third-order valence-electron chi connectivity index (χ3n) is 20.9. The minimum absolute atomic E-state index is 0.0122. The van der Waals surface area contributed by atoms with Gasteiger partial charge in [-0.1, -0.05) is 441 Å². The summed E-state index contributed by atoms with van der Waals surface area (Å²) in [6.07, 6.45) is 115. The van der Waals surface area contributed by atoms with E-state index in [0.29, 0.717) is 25.9 Å². The van der Waals surface area contributed by atoms with Gasteiger partial charge in [0, 0.05) is 12.8 Å². The minimum Gasteiger partial charge on any atom is -0.466 e. The van der Waals surface area contributed by atoms with Gasteiger partial charge in [-0.2, -0.15) is 0 Å². The molecule has 0 saturated heterocycles. The molecule has 2 atom stereocenters. The van der Waals surface area contributed by atoms with Crippen LogP contribution in [-0.2, 0) is 14.3 Å². The molecule has 0 saturated carbocycles. The van der Waals surface area contributed by atoms with E-state index in [1.807, 2.05) is 0 Å². The van der Waals surface area contributed by atoms with Crippen LogP contribution in [0.1, 0.15) is 495 Å². The predicted octanol–water partition coefficient (Wildman–Crippen LogP) is 29.9. The Balaban J connectivity index is 3.36. The molecule has 0 radical (unpaired) electrons. The zero-order chi connectivity index (χ0) is 69.8. The van der Waals surface area contributed by atoms with Crippen LogP contribution >= 0.6 is 0 Å². The van der Waals surface area contributed by atoms with Gasteiger partial charge in [0.05, 0.1) is 25.4 Å². The normalized spacial score (nSPS) is 12.7. The van der Waals surface area contributed by atoms with Crippen molar-refractivity contribution in [2.75, 3.05) is 13.2 Å². The Morgan fingerprint density at radius 3 is 0.794 bits per heavy atom. The number of aliphatic hydroxyl groups excluding tert-OH is 2. The summed E-state index contributed by atoms with van der Waals surface area (Å²) in [5.74, 6) is -0.0141. The summed E-state index contributed by atoms with van der Waals surface area (Å²) in [4.78, 5) is 24.7. The monoisotopic (exact) mass is 1360 g/mol. The van der Waals surface area contributed by atoms with Crippen molar-refractivity contribution in [3.8, 4) is 0 Å². The summed E-state index contributed by atoms with van der Waals surface area (Å²) >= 11 is 0. The molecule has 0 aliphatic rings. The molecule has 6 heteroatoms. The zero-order valence-electron chi connectivity index (χ0n) is 65.8. The number of nitrogens with one attached hydrogen (secondary N) is 1. The number of hydrogen-bond acceptors (Lipinski definition) is 5. The number of allylic oxidation sites excluding steroid dienone is 8. The van der Waals surface area contributed by atoms with Gasteiger partial charge in [-0.3, -0.25) is 9.59 Å². The third kappa shape index (κ3) is 82.7. The van der Waals surface area contributed by atoms with Gasteiger partial charge in [-0.05, 0) is 89.9 Å². The number of amides is 1.